The quantitative estimate of drug-likeness (QED) is 0.199. The van der Waals surface area contributed by atoms with Gasteiger partial charge in [-0.15, -0.1) is 0 Å². The van der Waals surface area contributed by atoms with Crippen molar-refractivity contribution in [2.24, 2.45) is 65.3 Å². The van der Waals surface area contributed by atoms with Gasteiger partial charge in [-0.25, -0.2) is 20.0 Å². The maximum Gasteiger partial charge on any atom is 0.142 e. The molecule has 8 bridgehead atoms. The Bertz CT molecular complexity index is 2050. The highest BCUT2D eigenvalue weighted by Crippen LogP contribution is 2.44. The zero-order valence-corrected chi connectivity index (χ0v) is 35.0. The fourth-order valence-corrected chi connectivity index (χ4v) is 8.40. The van der Waals surface area contributed by atoms with Crippen LogP contribution >= 0.6 is 0 Å². The van der Waals surface area contributed by atoms with Crippen molar-refractivity contribution in [1.82, 2.24) is 21.3 Å². The Balaban J connectivity index is 1.23. The second-order valence-corrected chi connectivity index (χ2v) is 20.7. The first-order valence-electron chi connectivity index (χ1n) is 20.3. The third-order valence-corrected chi connectivity index (χ3v) is 12.3. The molecular formula is C48H56N8. The topological polar surface area (TPSA) is 97.6 Å². The van der Waals surface area contributed by atoms with Gasteiger partial charge in [0.25, 0.3) is 0 Å². The lowest BCUT2D eigenvalue weighted by atomic mass is 9.76. The smallest absolute Gasteiger partial charge is 0.142 e. The van der Waals surface area contributed by atoms with Crippen molar-refractivity contribution < 1.29 is 0 Å². The van der Waals surface area contributed by atoms with Gasteiger partial charge in [-0.05, 0) is 21.7 Å². The molecule has 0 saturated carbocycles. The molecule has 0 aromatic rings. The Kier molecular flexibility index (Phi) is 7.88. The van der Waals surface area contributed by atoms with Crippen LogP contribution in [0.15, 0.2) is 161 Å². The van der Waals surface area contributed by atoms with E-state index < -0.39 is 0 Å². The standard InChI is InChI=1S/C48H56N8/c1-45(2,3)25-13-17-29-33(21-25)41-49-37(29)54-42-35-23-27(47(7,8)9)15-19-31(35)39(51-42)56-44-36-24-28(48(10,11)12)16-20-32(36)40(52-44)55-43-34-22-26(46(4,5)6)14-18-30(34)38(50-43)53-41/h13-28H,1-12H3,(H,49,53)(H,51,54)(H,50,55)(H,52,56). The van der Waals surface area contributed by atoms with Gasteiger partial charge in [-0.2, -0.15) is 0 Å². The second kappa shape index (κ2) is 12.1. The predicted octanol–water partition coefficient (Wildman–Crippen LogP) is 9.49. The van der Waals surface area contributed by atoms with E-state index in [0.717, 1.165) is 91.2 Å². The van der Waals surface area contributed by atoms with Crippen molar-refractivity contribution in [3.05, 3.63) is 141 Å². The van der Waals surface area contributed by atoms with E-state index in [4.69, 9.17) is 20.0 Å². The zero-order chi connectivity index (χ0) is 39.7. The number of nitrogens with one attached hydrogen (secondary N) is 4. The molecule has 9 aliphatic rings. The molecule has 8 nitrogen and oxygen atoms in total. The van der Waals surface area contributed by atoms with Crippen LogP contribution in [-0.2, 0) is 0 Å². The van der Waals surface area contributed by atoms with Gasteiger partial charge in [0, 0.05) is 68.3 Å². The molecule has 288 valence electrons. The molecule has 4 atom stereocenters. The minimum Gasteiger partial charge on any atom is -0.324 e. The first-order chi connectivity index (χ1) is 26.2. The first kappa shape index (κ1) is 36.4. The number of hydrogen-bond acceptors (Lipinski definition) is 8. The Hall–Kier alpha value is -5.24. The summed E-state index contributed by atoms with van der Waals surface area (Å²) in [6.45, 7) is 27.4. The maximum atomic E-state index is 5.31. The highest BCUT2D eigenvalue weighted by Gasteiger charge is 2.39. The van der Waals surface area contributed by atoms with Crippen LogP contribution in [-0.4, -0.2) is 23.3 Å². The molecule has 4 N–H and O–H groups in total. The van der Waals surface area contributed by atoms with Crippen molar-refractivity contribution in [2.75, 3.05) is 0 Å². The van der Waals surface area contributed by atoms with E-state index in [2.05, 4.69) is 177 Å². The average Bonchev–Trinajstić information content (AvgIpc) is 3.84. The number of rotatable bonds is 0. The molecule has 56 heavy (non-hydrogen) atoms. The predicted molar refractivity (Wildman–Crippen MR) is 231 cm³/mol. The lowest BCUT2D eigenvalue weighted by molar-refractivity contribution is 0.341. The normalized spacial score (nSPS) is 27.8. The van der Waals surface area contributed by atoms with E-state index >= 15 is 0 Å². The first-order valence-corrected chi connectivity index (χ1v) is 20.3. The second-order valence-electron chi connectivity index (χ2n) is 20.7. The van der Waals surface area contributed by atoms with E-state index in [1.807, 2.05) is 0 Å². The number of hydrogen-bond donors (Lipinski definition) is 4. The SMILES string of the molecule is CC(C)(C)C1C=CC2=C3N=C(NC4=C5C=CC(C(C)(C)C)C=C5C(=N4)NC4=C5C=CC(C(C)(C)C)C=C5C(=N4)NC4=C5C=CC(C(C)(C)C)C=C5C(=N4)N3)C2=C1. The van der Waals surface area contributed by atoms with Crippen molar-refractivity contribution >= 4 is 23.3 Å². The van der Waals surface area contributed by atoms with Crippen LogP contribution in [0.4, 0.5) is 0 Å². The molecule has 0 aromatic heterocycles. The Labute approximate surface area is 332 Å². The third kappa shape index (κ3) is 6.12. The summed E-state index contributed by atoms with van der Waals surface area (Å²) in [5.74, 6) is 7.11. The van der Waals surface area contributed by atoms with Crippen LogP contribution in [0.25, 0.3) is 0 Å². The van der Waals surface area contributed by atoms with Crippen LogP contribution in [0.2, 0.25) is 0 Å². The minimum atomic E-state index is 0.0410. The van der Waals surface area contributed by atoms with Gasteiger partial charge in [0.2, 0.25) is 0 Å². The van der Waals surface area contributed by atoms with E-state index in [1.165, 1.54) is 0 Å². The van der Waals surface area contributed by atoms with Crippen LogP contribution in [0.1, 0.15) is 83.1 Å². The number of aliphatic imine (C=N–C) groups is 4. The molecule has 9 rings (SSSR count). The summed E-state index contributed by atoms with van der Waals surface area (Å²) in [5.41, 5.74) is 8.62. The molecule has 0 amide bonds. The minimum absolute atomic E-state index is 0.0410. The molecule has 0 aromatic carbocycles. The van der Waals surface area contributed by atoms with E-state index in [1.54, 1.807) is 0 Å². The van der Waals surface area contributed by atoms with Crippen LogP contribution in [0.3, 0.4) is 0 Å². The van der Waals surface area contributed by atoms with Gasteiger partial charge < -0.3 is 21.3 Å². The molecular weight excluding hydrogens is 689 g/mol. The van der Waals surface area contributed by atoms with Gasteiger partial charge >= 0.3 is 0 Å². The highest BCUT2D eigenvalue weighted by atomic mass is 15.2. The molecule has 0 saturated heterocycles. The van der Waals surface area contributed by atoms with E-state index in [0.29, 0.717) is 0 Å². The summed E-state index contributed by atoms with van der Waals surface area (Å²) in [6, 6.07) is 0. The van der Waals surface area contributed by atoms with Gasteiger partial charge in [0.1, 0.15) is 46.6 Å². The molecule has 5 heterocycles. The molecule has 5 aliphatic heterocycles. The molecule has 0 radical (unpaired) electrons. The maximum absolute atomic E-state index is 5.31. The van der Waals surface area contributed by atoms with Crippen LogP contribution in [0, 0.1) is 45.3 Å². The van der Waals surface area contributed by atoms with Gasteiger partial charge in [0.05, 0.1) is 0 Å². The summed E-state index contributed by atoms with van der Waals surface area (Å²) >= 11 is 0. The number of fused-ring (bicyclic) bond motifs is 12. The number of nitrogens with zero attached hydrogens (tertiary/aromatic N) is 4. The summed E-state index contributed by atoms with van der Waals surface area (Å²) in [4.78, 5) is 21.2. The van der Waals surface area contributed by atoms with Crippen LogP contribution < -0.4 is 21.3 Å². The van der Waals surface area contributed by atoms with Crippen LogP contribution in [0.5, 0.6) is 0 Å². The highest BCUT2D eigenvalue weighted by molar-refractivity contribution is 6.15. The fraction of sp³-hybridized carbons (Fsp3) is 0.417. The van der Waals surface area contributed by atoms with Gasteiger partial charge in [-0.3, -0.25) is 0 Å². The van der Waals surface area contributed by atoms with Crippen molar-refractivity contribution in [3.63, 3.8) is 0 Å². The summed E-state index contributed by atoms with van der Waals surface area (Å²) in [5, 5.41) is 15.0. The fourth-order valence-electron chi connectivity index (χ4n) is 8.40. The molecule has 4 aliphatic carbocycles. The lowest BCUT2D eigenvalue weighted by Crippen LogP contribution is -2.26. The monoisotopic (exact) mass is 744 g/mol. The van der Waals surface area contributed by atoms with Crippen molar-refractivity contribution in [3.8, 4) is 0 Å². The summed E-state index contributed by atoms with van der Waals surface area (Å²) in [7, 11) is 0. The Morgan fingerprint density at radius 3 is 0.714 bits per heavy atom. The summed E-state index contributed by atoms with van der Waals surface area (Å²) < 4.78 is 0. The number of amidine groups is 4. The molecule has 0 spiro atoms. The number of allylic oxidation sites excluding steroid dienone is 12. The Morgan fingerprint density at radius 2 is 0.536 bits per heavy atom. The van der Waals surface area contributed by atoms with E-state index in [9.17, 15) is 0 Å². The lowest BCUT2D eigenvalue weighted by Gasteiger charge is -2.29. The Morgan fingerprint density at radius 1 is 0.339 bits per heavy atom. The van der Waals surface area contributed by atoms with E-state index in [-0.39, 0.29) is 45.3 Å². The van der Waals surface area contributed by atoms with Gasteiger partial charge in [0.15, 0.2) is 0 Å². The zero-order valence-electron chi connectivity index (χ0n) is 35.0. The van der Waals surface area contributed by atoms with Crippen molar-refractivity contribution in [1.29, 1.82) is 0 Å². The third-order valence-electron chi connectivity index (χ3n) is 12.3. The van der Waals surface area contributed by atoms with Crippen molar-refractivity contribution in [2.45, 2.75) is 83.1 Å². The van der Waals surface area contributed by atoms with Gasteiger partial charge in [-0.1, -0.05) is 156 Å². The molecule has 0 fully saturated rings. The summed E-state index contributed by atoms with van der Waals surface area (Å²) in [6.07, 6.45) is 27.6. The molecule has 4 unspecified atom stereocenters. The molecule has 8 heteroatoms. The average molecular weight is 745 g/mol. The largest absolute Gasteiger partial charge is 0.324 e.